The molecule has 0 heterocycles. The Labute approximate surface area is 235 Å². The molecule has 0 radical (unpaired) electrons. The van der Waals surface area contributed by atoms with Crippen LogP contribution in [0.1, 0.15) is 37.0 Å². The summed E-state index contributed by atoms with van der Waals surface area (Å²) < 4.78 is 5.30. The number of hydrogen-bond donors (Lipinski definition) is 3. The van der Waals surface area contributed by atoms with Gasteiger partial charge in [-0.1, -0.05) is 105 Å². The van der Waals surface area contributed by atoms with Crippen molar-refractivity contribution in [2.75, 3.05) is 6.54 Å². The lowest BCUT2D eigenvalue weighted by Crippen LogP contribution is -2.55. The van der Waals surface area contributed by atoms with Gasteiger partial charge in [0.05, 0.1) is 0 Å². The van der Waals surface area contributed by atoms with E-state index in [0.717, 1.165) is 16.7 Å². The van der Waals surface area contributed by atoms with Crippen LogP contribution in [0.5, 0.6) is 0 Å². The van der Waals surface area contributed by atoms with Gasteiger partial charge in [0.25, 0.3) is 5.91 Å². The molecule has 8 nitrogen and oxygen atoms in total. The lowest BCUT2D eigenvalue weighted by atomic mass is 9.99. The third-order valence-corrected chi connectivity index (χ3v) is 6.21. The van der Waals surface area contributed by atoms with E-state index in [9.17, 15) is 19.2 Å². The average Bonchev–Trinajstić information content (AvgIpc) is 2.96. The van der Waals surface area contributed by atoms with Gasteiger partial charge in [-0.15, -0.1) is 0 Å². The van der Waals surface area contributed by atoms with Crippen molar-refractivity contribution in [3.05, 3.63) is 108 Å². The molecule has 3 N–H and O–H groups in total. The summed E-state index contributed by atoms with van der Waals surface area (Å²) in [5, 5.41) is 8.01. The maximum Gasteiger partial charge on any atom is 0.408 e. The number of ether oxygens (including phenoxy) is 1. The van der Waals surface area contributed by atoms with E-state index >= 15 is 0 Å². The Balaban J connectivity index is 1.65. The fourth-order valence-corrected chi connectivity index (χ4v) is 4.15. The number of Topliss-reactive ketones (excluding diaryl/α,β-unsaturated/α-hetero) is 1. The first-order chi connectivity index (χ1) is 19.3. The van der Waals surface area contributed by atoms with Crippen molar-refractivity contribution in [1.29, 1.82) is 0 Å². The van der Waals surface area contributed by atoms with E-state index in [2.05, 4.69) is 16.0 Å². The molecule has 0 bridgehead atoms. The zero-order valence-corrected chi connectivity index (χ0v) is 23.0. The second-order valence-electron chi connectivity index (χ2n) is 9.99. The molecule has 210 valence electrons. The first kappa shape index (κ1) is 30.1. The lowest BCUT2D eigenvalue weighted by Gasteiger charge is -2.23. The average molecular weight is 544 g/mol. The fraction of sp³-hybridized carbons (Fsp3) is 0.312. The zero-order chi connectivity index (χ0) is 28.7. The van der Waals surface area contributed by atoms with E-state index in [-0.39, 0.29) is 25.5 Å². The van der Waals surface area contributed by atoms with Gasteiger partial charge in [0.15, 0.2) is 0 Å². The van der Waals surface area contributed by atoms with Gasteiger partial charge >= 0.3 is 6.09 Å². The molecule has 0 fully saturated rings. The minimum atomic E-state index is -1.11. The van der Waals surface area contributed by atoms with Crippen molar-refractivity contribution in [3.63, 3.8) is 0 Å². The Morgan fingerprint density at radius 2 is 1.25 bits per heavy atom. The van der Waals surface area contributed by atoms with Crippen molar-refractivity contribution in [3.8, 4) is 0 Å². The fourth-order valence-electron chi connectivity index (χ4n) is 4.15. The second kappa shape index (κ2) is 15.8. The van der Waals surface area contributed by atoms with Gasteiger partial charge in [-0.3, -0.25) is 14.4 Å². The first-order valence-corrected chi connectivity index (χ1v) is 13.5. The molecular formula is C32H37N3O5. The van der Waals surface area contributed by atoms with E-state index in [0.29, 0.717) is 12.8 Å². The molecule has 0 spiro atoms. The van der Waals surface area contributed by atoms with Gasteiger partial charge in [-0.05, 0) is 35.4 Å². The summed E-state index contributed by atoms with van der Waals surface area (Å²) in [6, 6.07) is 25.9. The van der Waals surface area contributed by atoms with Crippen molar-refractivity contribution in [1.82, 2.24) is 16.0 Å². The van der Waals surface area contributed by atoms with Gasteiger partial charge in [-0.2, -0.15) is 0 Å². The van der Waals surface area contributed by atoms with Crippen LogP contribution in [0, 0.1) is 5.92 Å². The molecule has 40 heavy (non-hydrogen) atoms. The number of nitrogens with one attached hydrogen (secondary N) is 3. The molecule has 8 heteroatoms. The van der Waals surface area contributed by atoms with E-state index < -0.39 is 35.8 Å². The highest BCUT2D eigenvalue weighted by Crippen LogP contribution is 2.10. The normalized spacial score (nSPS) is 12.2. The van der Waals surface area contributed by atoms with Crippen LogP contribution in [0.15, 0.2) is 91.0 Å². The Morgan fingerprint density at radius 1 is 0.700 bits per heavy atom. The monoisotopic (exact) mass is 543 g/mol. The Bertz CT molecular complexity index is 1230. The number of hydrogen-bond acceptors (Lipinski definition) is 5. The molecule has 0 aliphatic rings. The summed E-state index contributed by atoms with van der Waals surface area (Å²) in [7, 11) is 0. The number of amides is 3. The second-order valence-corrected chi connectivity index (χ2v) is 9.99. The van der Waals surface area contributed by atoms with Gasteiger partial charge in [0, 0.05) is 13.0 Å². The van der Waals surface area contributed by atoms with Crippen LogP contribution in [0.2, 0.25) is 0 Å². The predicted octanol–water partition coefficient (Wildman–Crippen LogP) is 3.98. The summed E-state index contributed by atoms with van der Waals surface area (Å²) in [5.74, 6) is -2.01. The summed E-state index contributed by atoms with van der Waals surface area (Å²) in [4.78, 5) is 51.9. The standard InChI is InChI=1S/C32H37N3O5/c1-23(2)20-28(35-32(39)40-22-26-16-10-5-11-17-26)30(37)34-27(21-25-14-8-4-9-15-25)29(36)31(38)33-19-18-24-12-6-3-7-13-24/h3-17,23,27-28H,18-22H2,1-2H3,(H,33,38)(H,34,37)(H,35,39)/t27-,28?/m0/s1. The third-order valence-electron chi connectivity index (χ3n) is 6.21. The van der Waals surface area contributed by atoms with Crippen LogP contribution in [0.4, 0.5) is 4.79 Å². The third kappa shape index (κ3) is 10.4. The summed E-state index contributed by atoms with van der Waals surface area (Å²) >= 11 is 0. The maximum atomic E-state index is 13.3. The first-order valence-electron chi connectivity index (χ1n) is 13.5. The predicted molar refractivity (Wildman–Crippen MR) is 153 cm³/mol. The van der Waals surface area contributed by atoms with E-state index in [1.807, 2.05) is 105 Å². The number of carbonyl (C=O) groups excluding carboxylic acids is 4. The van der Waals surface area contributed by atoms with Gasteiger partial charge in [0.2, 0.25) is 11.7 Å². The van der Waals surface area contributed by atoms with Gasteiger partial charge < -0.3 is 20.7 Å². The Kier molecular flexibility index (Phi) is 11.9. The summed E-state index contributed by atoms with van der Waals surface area (Å²) in [6.07, 6.45) is 0.280. The Hall–Kier alpha value is -4.46. The number of benzene rings is 3. The van der Waals surface area contributed by atoms with Crippen LogP contribution in [0.25, 0.3) is 0 Å². The SMILES string of the molecule is CC(C)CC(NC(=O)OCc1ccccc1)C(=O)N[C@@H](Cc1ccccc1)C(=O)C(=O)NCCc1ccccc1. The van der Waals surface area contributed by atoms with Crippen molar-refractivity contribution < 1.29 is 23.9 Å². The zero-order valence-electron chi connectivity index (χ0n) is 23.0. The van der Waals surface area contributed by atoms with E-state index in [4.69, 9.17) is 4.74 Å². The minimum absolute atomic E-state index is 0.0565. The van der Waals surface area contributed by atoms with Crippen LogP contribution in [-0.2, 0) is 38.6 Å². The molecule has 0 saturated carbocycles. The van der Waals surface area contributed by atoms with E-state index in [1.165, 1.54) is 0 Å². The maximum absolute atomic E-state index is 13.3. The quantitative estimate of drug-likeness (QED) is 0.266. The molecule has 3 aromatic carbocycles. The lowest BCUT2D eigenvalue weighted by molar-refractivity contribution is -0.140. The number of alkyl carbamates (subject to hydrolysis) is 1. The molecule has 0 aliphatic heterocycles. The minimum Gasteiger partial charge on any atom is -0.445 e. The molecular weight excluding hydrogens is 506 g/mol. The molecule has 0 aromatic heterocycles. The highest BCUT2D eigenvalue weighted by atomic mass is 16.5. The summed E-state index contributed by atoms with van der Waals surface area (Å²) in [5.41, 5.74) is 2.63. The smallest absolute Gasteiger partial charge is 0.408 e. The number of rotatable bonds is 14. The van der Waals surface area contributed by atoms with Crippen molar-refractivity contribution in [2.45, 2.75) is 51.8 Å². The molecule has 3 rings (SSSR count). The molecule has 0 saturated heterocycles. The van der Waals surface area contributed by atoms with Gasteiger partial charge in [-0.25, -0.2) is 4.79 Å². The molecule has 3 aromatic rings. The van der Waals surface area contributed by atoms with E-state index in [1.54, 1.807) is 0 Å². The molecule has 1 unspecified atom stereocenters. The molecule has 0 aliphatic carbocycles. The molecule has 2 atom stereocenters. The van der Waals surface area contributed by atoms with Crippen LogP contribution < -0.4 is 16.0 Å². The van der Waals surface area contributed by atoms with Crippen LogP contribution >= 0.6 is 0 Å². The van der Waals surface area contributed by atoms with Crippen LogP contribution in [-0.4, -0.2) is 42.3 Å². The topological polar surface area (TPSA) is 114 Å². The van der Waals surface area contributed by atoms with Crippen molar-refractivity contribution >= 4 is 23.7 Å². The number of ketones is 1. The molecule has 3 amide bonds. The Morgan fingerprint density at radius 3 is 1.82 bits per heavy atom. The highest BCUT2D eigenvalue weighted by molar-refractivity contribution is 6.38. The van der Waals surface area contributed by atoms with Crippen molar-refractivity contribution in [2.24, 2.45) is 5.92 Å². The largest absolute Gasteiger partial charge is 0.445 e. The number of carbonyl (C=O) groups is 4. The highest BCUT2D eigenvalue weighted by Gasteiger charge is 2.31. The summed E-state index contributed by atoms with van der Waals surface area (Å²) in [6.45, 7) is 4.18. The van der Waals surface area contributed by atoms with Crippen LogP contribution in [0.3, 0.4) is 0 Å². The van der Waals surface area contributed by atoms with Gasteiger partial charge in [0.1, 0.15) is 18.7 Å².